The number of anilines is 1. The maximum absolute atomic E-state index is 11.1. The predicted molar refractivity (Wildman–Crippen MR) is 59.2 cm³/mol. The van der Waals surface area contributed by atoms with Crippen LogP contribution >= 0.6 is 22.9 Å². The molecule has 0 spiro atoms. The van der Waals surface area contributed by atoms with E-state index in [1.807, 2.05) is 24.1 Å². The Bertz CT molecular complexity index is 314. The summed E-state index contributed by atoms with van der Waals surface area (Å²) in [5.41, 5.74) is 0. The molecule has 0 aliphatic rings. The molecule has 0 unspecified atom stereocenters. The van der Waals surface area contributed by atoms with Crippen molar-refractivity contribution in [3.63, 3.8) is 0 Å². The van der Waals surface area contributed by atoms with E-state index in [9.17, 15) is 4.79 Å². The number of hydrogen-bond donors (Lipinski definition) is 0. The van der Waals surface area contributed by atoms with Crippen LogP contribution in [0.15, 0.2) is 12.1 Å². The Kier molecular flexibility index (Phi) is 4.22. The van der Waals surface area contributed by atoms with E-state index in [0.717, 1.165) is 9.34 Å². The Morgan fingerprint density at radius 2 is 2.36 bits per heavy atom. The summed E-state index contributed by atoms with van der Waals surface area (Å²) in [6, 6.07) is 3.69. The van der Waals surface area contributed by atoms with Crippen LogP contribution in [0.3, 0.4) is 0 Å². The highest BCUT2D eigenvalue weighted by Gasteiger charge is 2.09. The van der Waals surface area contributed by atoms with E-state index >= 15 is 0 Å². The number of hydrogen-bond acceptors (Lipinski definition) is 4. The lowest BCUT2D eigenvalue weighted by atomic mass is 10.5. The Hall–Kier alpha value is -0.740. The van der Waals surface area contributed by atoms with Crippen molar-refractivity contribution in [2.75, 3.05) is 25.1 Å². The third-order valence-electron chi connectivity index (χ3n) is 1.61. The molecule has 0 N–H and O–H groups in total. The molecule has 1 heterocycles. The Balaban J connectivity index is 2.50. The van der Waals surface area contributed by atoms with Crippen molar-refractivity contribution in [2.45, 2.75) is 6.92 Å². The molecule has 0 saturated heterocycles. The minimum absolute atomic E-state index is 0.223. The van der Waals surface area contributed by atoms with Gasteiger partial charge in [0.25, 0.3) is 0 Å². The molecular weight excluding hydrogens is 222 g/mol. The molecule has 0 fully saturated rings. The van der Waals surface area contributed by atoms with Gasteiger partial charge in [-0.3, -0.25) is 4.79 Å². The summed E-state index contributed by atoms with van der Waals surface area (Å²) in [5.74, 6) is -0.223. The van der Waals surface area contributed by atoms with Crippen LogP contribution in [-0.4, -0.2) is 26.2 Å². The molecule has 1 aromatic rings. The second kappa shape index (κ2) is 5.22. The molecule has 14 heavy (non-hydrogen) atoms. The van der Waals surface area contributed by atoms with E-state index in [2.05, 4.69) is 0 Å². The van der Waals surface area contributed by atoms with Gasteiger partial charge in [-0.25, -0.2) is 0 Å². The van der Waals surface area contributed by atoms with Crippen molar-refractivity contribution in [2.24, 2.45) is 0 Å². The maximum Gasteiger partial charge on any atom is 0.325 e. The van der Waals surface area contributed by atoms with Gasteiger partial charge in [0.1, 0.15) is 6.54 Å². The normalized spacial score (nSPS) is 9.93. The number of nitrogens with zero attached hydrogens (tertiary/aromatic N) is 1. The van der Waals surface area contributed by atoms with Gasteiger partial charge in [0.2, 0.25) is 0 Å². The lowest BCUT2D eigenvalue weighted by molar-refractivity contribution is -0.141. The van der Waals surface area contributed by atoms with Crippen LogP contribution in [-0.2, 0) is 9.53 Å². The summed E-state index contributed by atoms with van der Waals surface area (Å²) in [6.45, 7) is 2.46. The summed E-state index contributed by atoms with van der Waals surface area (Å²) in [6.07, 6.45) is 0. The Labute approximate surface area is 92.2 Å². The van der Waals surface area contributed by atoms with Crippen molar-refractivity contribution in [1.82, 2.24) is 0 Å². The first-order chi connectivity index (χ1) is 6.63. The molecule has 0 saturated carbocycles. The number of esters is 1. The zero-order valence-corrected chi connectivity index (χ0v) is 9.69. The number of likely N-dealkylation sites (N-methyl/N-ethyl adjacent to an activating group) is 1. The van der Waals surface area contributed by atoms with Gasteiger partial charge in [-0.05, 0) is 19.1 Å². The van der Waals surface area contributed by atoms with Gasteiger partial charge in [-0.2, -0.15) is 0 Å². The van der Waals surface area contributed by atoms with Crippen molar-refractivity contribution >= 4 is 33.9 Å². The molecule has 0 radical (unpaired) electrons. The fraction of sp³-hybridized carbons (Fsp3) is 0.444. The van der Waals surface area contributed by atoms with Crippen LogP contribution < -0.4 is 4.90 Å². The van der Waals surface area contributed by atoms with Gasteiger partial charge >= 0.3 is 5.97 Å². The van der Waals surface area contributed by atoms with Crippen molar-refractivity contribution in [1.29, 1.82) is 0 Å². The number of thiophene rings is 1. The molecule has 1 rings (SSSR count). The second-order valence-corrected chi connectivity index (χ2v) is 4.43. The van der Waals surface area contributed by atoms with Crippen LogP contribution in [0.25, 0.3) is 0 Å². The first-order valence-electron chi connectivity index (χ1n) is 4.25. The highest BCUT2D eigenvalue weighted by atomic mass is 35.5. The largest absolute Gasteiger partial charge is 0.465 e. The SMILES string of the molecule is CCOC(=O)CN(C)c1ccc(Cl)s1. The summed E-state index contributed by atoms with van der Waals surface area (Å²) in [7, 11) is 1.83. The summed E-state index contributed by atoms with van der Waals surface area (Å²) in [4.78, 5) is 13.0. The Morgan fingerprint density at radius 3 is 2.86 bits per heavy atom. The van der Waals surface area contributed by atoms with E-state index < -0.39 is 0 Å². The number of carbonyl (C=O) groups excluding carboxylic acids is 1. The topological polar surface area (TPSA) is 29.5 Å². The average molecular weight is 234 g/mol. The zero-order valence-electron chi connectivity index (χ0n) is 8.12. The number of rotatable bonds is 4. The van der Waals surface area contributed by atoms with E-state index in [4.69, 9.17) is 16.3 Å². The van der Waals surface area contributed by atoms with Crippen LogP contribution in [0.4, 0.5) is 5.00 Å². The standard InChI is InChI=1S/C9H12ClNO2S/c1-3-13-9(12)6-11(2)8-5-4-7(10)14-8/h4-5H,3,6H2,1-2H3. The van der Waals surface area contributed by atoms with Gasteiger partial charge in [-0.1, -0.05) is 11.6 Å². The molecule has 0 bridgehead atoms. The first-order valence-corrected chi connectivity index (χ1v) is 5.45. The third-order valence-corrected chi connectivity index (χ3v) is 2.95. The third kappa shape index (κ3) is 3.20. The van der Waals surface area contributed by atoms with Gasteiger partial charge in [0, 0.05) is 7.05 Å². The Morgan fingerprint density at radius 1 is 1.64 bits per heavy atom. The molecule has 3 nitrogen and oxygen atoms in total. The minimum Gasteiger partial charge on any atom is -0.465 e. The number of carbonyl (C=O) groups is 1. The van der Waals surface area contributed by atoms with Crippen molar-refractivity contribution < 1.29 is 9.53 Å². The van der Waals surface area contributed by atoms with Gasteiger partial charge in [0.05, 0.1) is 15.9 Å². The van der Waals surface area contributed by atoms with Crippen LogP contribution in [0.5, 0.6) is 0 Å². The fourth-order valence-electron chi connectivity index (χ4n) is 0.988. The van der Waals surface area contributed by atoms with Crippen LogP contribution in [0.1, 0.15) is 6.92 Å². The molecule has 0 aliphatic heterocycles. The fourth-order valence-corrected chi connectivity index (χ4v) is 1.98. The highest BCUT2D eigenvalue weighted by Crippen LogP contribution is 2.28. The van der Waals surface area contributed by atoms with Crippen molar-refractivity contribution in [3.8, 4) is 0 Å². The van der Waals surface area contributed by atoms with Gasteiger partial charge in [0.15, 0.2) is 0 Å². The average Bonchev–Trinajstić information content (AvgIpc) is 2.52. The lowest BCUT2D eigenvalue weighted by Crippen LogP contribution is -2.26. The second-order valence-electron chi connectivity index (χ2n) is 2.74. The highest BCUT2D eigenvalue weighted by molar-refractivity contribution is 7.19. The van der Waals surface area contributed by atoms with E-state index in [1.54, 1.807) is 6.92 Å². The summed E-state index contributed by atoms with van der Waals surface area (Å²) in [5, 5.41) is 0.961. The number of ether oxygens (including phenoxy) is 1. The summed E-state index contributed by atoms with van der Waals surface area (Å²) >= 11 is 7.22. The summed E-state index contributed by atoms with van der Waals surface area (Å²) < 4.78 is 5.55. The van der Waals surface area contributed by atoms with E-state index in [0.29, 0.717) is 6.61 Å². The first kappa shape index (κ1) is 11.3. The quantitative estimate of drug-likeness (QED) is 0.748. The van der Waals surface area contributed by atoms with Crippen molar-refractivity contribution in [3.05, 3.63) is 16.5 Å². The number of halogens is 1. The molecule has 0 aliphatic carbocycles. The monoisotopic (exact) mass is 233 g/mol. The zero-order chi connectivity index (χ0) is 10.6. The molecular formula is C9H12ClNO2S. The molecule has 0 amide bonds. The molecule has 0 atom stereocenters. The maximum atomic E-state index is 11.1. The molecule has 78 valence electrons. The minimum atomic E-state index is -0.223. The molecule has 5 heteroatoms. The predicted octanol–water partition coefficient (Wildman–Crippen LogP) is 2.40. The van der Waals surface area contributed by atoms with Gasteiger partial charge in [-0.15, -0.1) is 11.3 Å². The smallest absolute Gasteiger partial charge is 0.325 e. The van der Waals surface area contributed by atoms with E-state index in [1.165, 1.54) is 11.3 Å². The van der Waals surface area contributed by atoms with E-state index in [-0.39, 0.29) is 12.5 Å². The van der Waals surface area contributed by atoms with Crippen LogP contribution in [0, 0.1) is 0 Å². The van der Waals surface area contributed by atoms with Gasteiger partial charge < -0.3 is 9.64 Å². The van der Waals surface area contributed by atoms with Crippen LogP contribution in [0.2, 0.25) is 4.34 Å². The molecule has 1 aromatic heterocycles. The molecule has 0 aromatic carbocycles. The lowest BCUT2D eigenvalue weighted by Gasteiger charge is -2.15.